The van der Waals surface area contributed by atoms with Gasteiger partial charge in [0, 0.05) is 62.9 Å². The molecule has 5 nitrogen and oxygen atoms in total. The number of pyridine rings is 1. The van der Waals surface area contributed by atoms with E-state index in [1.54, 1.807) is 0 Å². The fourth-order valence-electron chi connectivity index (χ4n) is 4.57. The molecule has 2 aromatic rings. The van der Waals surface area contributed by atoms with Crippen molar-refractivity contribution in [2.24, 2.45) is 0 Å². The molecule has 0 unspecified atom stereocenters. The average molecular weight is 350 g/mol. The van der Waals surface area contributed by atoms with Crippen LogP contribution in [-0.4, -0.2) is 49.4 Å². The summed E-state index contributed by atoms with van der Waals surface area (Å²) in [5, 5.41) is 3.56. The SMILES string of the molecule is c1ccc(N2CCC(Oc3cncc(N4C[C@H]5C[C@@H]4CN5)c3)CC2)cc1. The van der Waals surface area contributed by atoms with Crippen molar-refractivity contribution in [2.75, 3.05) is 36.0 Å². The van der Waals surface area contributed by atoms with E-state index in [2.05, 4.69) is 56.5 Å². The van der Waals surface area contributed by atoms with Gasteiger partial charge in [0.25, 0.3) is 0 Å². The third-order valence-corrected chi connectivity index (χ3v) is 5.95. The van der Waals surface area contributed by atoms with Gasteiger partial charge >= 0.3 is 0 Å². The van der Waals surface area contributed by atoms with Crippen LogP contribution in [0.1, 0.15) is 19.3 Å². The summed E-state index contributed by atoms with van der Waals surface area (Å²) >= 11 is 0. The number of hydrogen-bond donors (Lipinski definition) is 1. The quantitative estimate of drug-likeness (QED) is 0.918. The van der Waals surface area contributed by atoms with Crippen LogP contribution in [0.4, 0.5) is 11.4 Å². The maximum atomic E-state index is 6.29. The first-order valence-corrected chi connectivity index (χ1v) is 9.77. The summed E-state index contributed by atoms with van der Waals surface area (Å²) in [6, 6.07) is 14.1. The third kappa shape index (κ3) is 3.12. The highest BCUT2D eigenvalue weighted by atomic mass is 16.5. The zero-order valence-electron chi connectivity index (χ0n) is 15.1. The molecular weight excluding hydrogens is 324 g/mol. The highest BCUT2D eigenvalue weighted by Gasteiger charge is 2.37. The van der Waals surface area contributed by atoms with Crippen molar-refractivity contribution in [2.45, 2.75) is 37.5 Å². The minimum absolute atomic E-state index is 0.281. The van der Waals surface area contributed by atoms with E-state index in [0.29, 0.717) is 12.1 Å². The molecule has 0 amide bonds. The number of para-hydroxylation sites is 1. The molecule has 5 heteroatoms. The molecule has 5 rings (SSSR count). The predicted molar refractivity (Wildman–Crippen MR) is 104 cm³/mol. The molecule has 3 aliphatic rings. The number of anilines is 2. The van der Waals surface area contributed by atoms with E-state index in [1.165, 1.54) is 17.8 Å². The van der Waals surface area contributed by atoms with Crippen LogP contribution in [0.5, 0.6) is 5.75 Å². The van der Waals surface area contributed by atoms with Gasteiger partial charge in [-0.1, -0.05) is 18.2 Å². The molecule has 0 radical (unpaired) electrons. The Morgan fingerprint density at radius 1 is 1.04 bits per heavy atom. The van der Waals surface area contributed by atoms with Gasteiger partial charge in [-0.15, -0.1) is 0 Å². The standard InChI is InChI=1S/C21H26N4O/c1-2-4-17(5-3-1)24-8-6-20(7-9-24)26-21-11-19(12-22-14-21)25-15-16-10-18(25)13-23-16/h1-5,11-12,14,16,18,20,23H,6-10,13,15H2/t16-,18-/m1/s1. The fourth-order valence-corrected chi connectivity index (χ4v) is 4.57. The summed E-state index contributed by atoms with van der Waals surface area (Å²) in [4.78, 5) is 9.38. The highest BCUT2D eigenvalue weighted by molar-refractivity contribution is 5.51. The van der Waals surface area contributed by atoms with E-state index in [-0.39, 0.29) is 6.10 Å². The highest BCUT2D eigenvalue weighted by Crippen LogP contribution is 2.31. The van der Waals surface area contributed by atoms with E-state index in [1.807, 2.05) is 12.4 Å². The molecule has 136 valence electrons. The van der Waals surface area contributed by atoms with Crippen molar-refractivity contribution in [1.82, 2.24) is 10.3 Å². The van der Waals surface area contributed by atoms with E-state index in [0.717, 1.165) is 44.8 Å². The Morgan fingerprint density at radius 3 is 2.62 bits per heavy atom. The molecule has 3 aliphatic heterocycles. The van der Waals surface area contributed by atoms with Gasteiger partial charge in [0.05, 0.1) is 18.1 Å². The lowest BCUT2D eigenvalue weighted by atomic mass is 10.1. The normalized spacial score (nSPS) is 25.7. The molecule has 0 saturated carbocycles. The van der Waals surface area contributed by atoms with E-state index in [4.69, 9.17) is 4.74 Å². The van der Waals surface area contributed by atoms with Crippen molar-refractivity contribution in [3.05, 3.63) is 48.8 Å². The Bertz CT molecular complexity index is 745. The molecule has 1 aromatic heterocycles. The molecule has 3 fully saturated rings. The Labute approximate surface area is 155 Å². The van der Waals surface area contributed by atoms with Crippen molar-refractivity contribution >= 4 is 11.4 Å². The molecule has 0 spiro atoms. The molecule has 26 heavy (non-hydrogen) atoms. The van der Waals surface area contributed by atoms with Gasteiger partial charge in [-0.25, -0.2) is 0 Å². The van der Waals surface area contributed by atoms with E-state index < -0.39 is 0 Å². The number of fused-ring (bicyclic) bond motifs is 2. The Kier molecular flexibility index (Phi) is 4.17. The second kappa shape index (κ2) is 6.80. The van der Waals surface area contributed by atoms with Crippen molar-refractivity contribution in [3.63, 3.8) is 0 Å². The first-order valence-electron chi connectivity index (χ1n) is 9.77. The summed E-state index contributed by atoms with van der Waals surface area (Å²) in [6.07, 6.45) is 7.48. The summed E-state index contributed by atoms with van der Waals surface area (Å²) < 4.78 is 6.29. The minimum Gasteiger partial charge on any atom is -0.489 e. The molecule has 2 atom stereocenters. The maximum absolute atomic E-state index is 6.29. The van der Waals surface area contributed by atoms with Crippen molar-refractivity contribution in [3.8, 4) is 5.75 Å². The minimum atomic E-state index is 0.281. The lowest BCUT2D eigenvalue weighted by Gasteiger charge is -2.34. The number of rotatable bonds is 4. The van der Waals surface area contributed by atoms with Gasteiger partial charge in [0.1, 0.15) is 11.9 Å². The van der Waals surface area contributed by atoms with Gasteiger partial charge in [-0.3, -0.25) is 4.98 Å². The average Bonchev–Trinajstić information content (AvgIpc) is 3.33. The number of benzene rings is 1. The van der Waals surface area contributed by atoms with Gasteiger partial charge in [-0.2, -0.15) is 0 Å². The Balaban J connectivity index is 1.20. The monoisotopic (exact) mass is 350 g/mol. The summed E-state index contributed by atoms with van der Waals surface area (Å²) in [7, 11) is 0. The van der Waals surface area contributed by atoms with Gasteiger partial charge in [-0.05, 0) is 18.6 Å². The molecule has 2 bridgehead atoms. The maximum Gasteiger partial charge on any atom is 0.140 e. The molecule has 0 aliphatic carbocycles. The number of nitrogens with zero attached hydrogens (tertiary/aromatic N) is 3. The molecule has 1 N–H and O–H groups in total. The van der Waals surface area contributed by atoms with E-state index in [9.17, 15) is 0 Å². The van der Waals surface area contributed by atoms with Crippen LogP contribution in [0.3, 0.4) is 0 Å². The molecular formula is C21H26N4O. The van der Waals surface area contributed by atoms with Crippen LogP contribution in [0.2, 0.25) is 0 Å². The van der Waals surface area contributed by atoms with Gasteiger partial charge < -0.3 is 19.9 Å². The lowest BCUT2D eigenvalue weighted by molar-refractivity contribution is 0.170. The van der Waals surface area contributed by atoms with Crippen LogP contribution < -0.4 is 19.9 Å². The van der Waals surface area contributed by atoms with Gasteiger partial charge in [0.2, 0.25) is 0 Å². The van der Waals surface area contributed by atoms with Crippen LogP contribution in [-0.2, 0) is 0 Å². The summed E-state index contributed by atoms with van der Waals surface area (Å²) in [5.74, 6) is 0.913. The number of piperidine rings is 1. The molecule has 1 aromatic carbocycles. The van der Waals surface area contributed by atoms with Crippen molar-refractivity contribution < 1.29 is 4.74 Å². The number of piperazine rings is 1. The first kappa shape index (κ1) is 15.9. The smallest absolute Gasteiger partial charge is 0.140 e. The number of nitrogens with one attached hydrogen (secondary N) is 1. The summed E-state index contributed by atoms with van der Waals surface area (Å²) in [5.41, 5.74) is 2.52. The van der Waals surface area contributed by atoms with E-state index >= 15 is 0 Å². The predicted octanol–water partition coefficient (Wildman–Crippen LogP) is 2.68. The lowest BCUT2D eigenvalue weighted by Crippen LogP contribution is -2.43. The Morgan fingerprint density at radius 2 is 1.88 bits per heavy atom. The van der Waals surface area contributed by atoms with Crippen LogP contribution >= 0.6 is 0 Å². The van der Waals surface area contributed by atoms with Crippen LogP contribution in [0.25, 0.3) is 0 Å². The van der Waals surface area contributed by atoms with Crippen LogP contribution in [0, 0.1) is 0 Å². The molecule has 4 heterocycles. The summed E-state index contributed by atoms with van der Waals surface area (Å²) in [6.45, 7) is 4.27. The number of ether oxygens (including phenoxy) is 1. The topological polar surface area (TPSA) is 40.6 Å². The second-order valence-electron chi connectivity index (χ2n) is 7.67. The third-order valence-electron chi connectivity index (χ3n) is 5.95. The Hall–Kier alpha value is -2.27. The number of aromatic nitrogens is 1. The molecule has 3 saturated heterocycles. The zero-order valence-corrected chi connectivity index (χ0v) is 15.1. The van der Waals surface area contributed by atoms with Crippen molar-refractivity contribution in [1.29, 1.82) is 0 Å². The van der Waals surface area contributed by atoms with Gasteiger partial charge in [0.15, 0.2) is 0 Å². The second-order valence-corrected chi connectivity index (χ2v) is 7.67. The fraction of sp³-hybridized carbons (Fsp3) is 0.476. The first-order chi connectivity index (χ1) is 12.8. The van der Waals surface area contributed by atoms with Crippen LogP contribution in [0.15, 0.2) is 48.8 Å². The largest absolute Gasteiger partial charge is 0.489 e. The zero-order chi connectivity index (χ0) is 17.3. The number of hydrogen-bond acceptors (Lipinski definition) is 5.